The van der Waals surface area contributed by atoms with Crippen LogP contribution in [-0.2, 0) is 6.54 Å². The van der Waals surface area contributed by atoms with Gasteiger partial charge in [-0.2, -0.15) is 5.10 Å². The highest BCUT2D eigenvalue weighted by molar-refractivity contribution is 5.37. The fourth-order valence-corrected chi connectivity index (χ4v) is 1.23. The molecule has 6 heteroatoms. The number of ether oxygens (including phenoxy) is 1. The van der Waals surface area contributed by atoms with Crippen LogP contribution in [0.4, 0.5) is 5.82 Å². The molecule has 0 saturated heterocycles. The normalized spacial score (nSPS) is 10.1. The molecule has 0 aromatic carbocycles. The summed E-state index contributed by atoms with van der Waals surface area (Å²) in [5.41, 5.74) is 1.07. The van der Waals surface area contributed by atoms with Crippen LogP contribution in [0, 0.1) is 0 Å². The maximum atomic E-state index is 5.27. The molecule has 16 heavy (non-hydrogen) atoms. The lowest BCUT2D eigenvalue weighted by Gasteiger charge is -2.05. The van der Waals surface area contributed by atoms with Crippen molar-refractivity contribution in [2.45, 2.75) is 13.5 Å². The smallest absolute Gasteiger partial charge is 0.218 e. The van der Waals surface area contributed by atoms with E-state index in [1.54, 1.807) is 12.3 Å². The molecular formula is C10H13N5O. The third-order valence-corrected chi connectivity index (χ3v) is 1.96. The Bertz CT molecular complexity index is 429. The minimum atomic E-state index is 0.576. The fourth-order valence-electron chi connectivity index (χ4n) is 1.23. The number of hydrogen-bond donors (Lipinski definition) is 2. The minimum Gasteiger partial charge on any atom is -0.478 e. The van der Waals surface area contributed by atoms with Crippen LogP contribution in [0.15, 0.2) is 24.8 Å². The zero-order valence-electron chi connectivity index (χ0n) is 8.97. The van der Waals surface area contributed by atoms with E-state index in [-0.39, 0.29) is 0 Å². The molecule has 0 saturated carbocycles. The Hall–Kier alpha value is -2.11. The van der Waals surface area contributed by atoms with Gasteiger partial charge in [0.2, 0.25) is 5.88 Å². The second-order valence-electron chi connectivity index (χ2n) is 3.13. The lowest BCUT2D eigenvalue weighted by atomic mass is 10.3. The molecule has 0 aliphatic heterocycles. The number of rotatable bonds is 5. The van der Waals surface area contributed by atoms with Gasteiger partial charge in [0.05, 0.1) is 12.8 Å². The molecule has 0 amide bonds. The molecule has 0 bridgehead atoms. The van der Waals surface area contributed by atoms with Crippen molar-refractivity contribution in [2.24, 2.45) is 0 Å². The number of nitrogens with one attached hydrogen (secondary N) is 2. The second-order valence-corrected chi connectivity index (χ2v) is 3.13. The summed E-state index contributed by atoms with van der Waals surface area (Å²) in [6.07, 6.45) is 5.07. The largest absolute Gasteiger partial charge is 0.478 e. The van der Waals surface area contributed by atoms with E-state index < -0.39 is 0 Å². The van der Waals surface area contributed by atoms with Crippen molar-refractivity contribution < 1.29 is 4.74 Å². The number of aromatic amines is 1. The highest BCUT2D eigenvalue weighted by Gasteiger charge is 1.99. The van der Waals surface area contributed by atoms with Crippen molar-refractivity contribution in [3.8, 4) is 5.88 Å². The van der Waals surface area contributed by atoms with E-state index in [1.165, 1.54) is 6.33 Å². The molecule has 0 spiro atoms. The molecule has 0 fully saturated rings. The average Bonchev–Trinajstić information content (AvgIpc) is 2.80. The van der Waals surface area contributed by atoms with Crippen molar-refractivity contribution >= 4 is 5.82 Å². The van der Waals surface area contributed by atoms with Crippen LogP contribution in [0.25, 0.3) is 0 Å². The highest BCUT2D eigenvalue weighted by Crippen LogP contribution is 2.11. The highest BCUT2D eigenvalue weighted by atomic mass is 16.5. The Morgan fingerprint density at radius 3 is 3.12 bits per heavy atom. The van der Waals surface area contributed by atoms with Crippen molar-refractivity contribution in [1.82, 2.24) is 20.2 Å². The minimum absolute atomic E-state index is 0.576. The van der Waals surface area contributed by atoms with Crippen LogP contribution in [-0.4, -0.2) is 26.8 Å². The first-order valence-corrected chi connectivity index (χ1v) is 5.05. The maximum Gasteiger partial charge on any atom is 0.218 e. The summed E-state index contributed by atoms with van der Waals surface area (Å²) < 4.78 is 5.27. The predicted molar refractivity (Wildman–Crippen MR) is 59.1 cm³/mol. The molecule has 2 aromatic heterocycles. The van der Waals surface area contributed by atoms with E-state index in [9.17, 15) is 0 Å². The summed E-state index contributed by atoms with van der Waals surface area (Å²) in [4.78, 5) is 8.07. The van der Waals surface area contributed by atoms with Crippen LogP contribution in [0.5, 0.6) is 5.88 Å². The van der Waals surface area contributed by atoms with Crippen LogP contribution in [0.2, 0.25) is 0 Å². The lowest BCUT2D eigenvalue weighted by molar-refractivity contribution is 0.326. The molecule has 0 unspecified atom stereocenters. The summed E-state index contributed by atoms with van der Waals surface area (Å²) >= 11 is 0. The molecule has 2 N–H and O–H groups in total. The number of nitrogens with zero attached hydrogens (tertiary/aromatic N) is 3. The Morgan fingerprint density at radius 2 is 2.38 bits per heavy atom. The number of H-pyrrole nitrogens is 1. The first-order valence-electron chi connectivity index (χ1n) is 5.05. The summed E-state index contributed by atoms with van der Waals surface area (Å²) in [7, 11) is 0. The van der Waals surface area contributed by atoms with E-state index >= 15 is 0 Å². The molecule has 0 radical (unpaired) electrons. The molecule has 0 atom stereocenters. The van der Waals surface area contributed by atoms with E-state index in [2.05, 4.69) is 25.5 Å². The Kier molecular flexibility index (Phi) is 3.32. The standard InChI is InChI=1S/C10H13N5O/c1-2-16-10-3-9(12-7-13-10)11-4-8-5-14-15-6-8/h3,5-7H,2,4H2,1H3,(H,14,15)(H,11,12,13). The summed E-state index contributed by atoms with van der Waals surface area (Å²) in [5, 5.41) is 9.76. The van der Waals surface area contributed by atoms with Gasteiger partial charge in [0, 0.05) is 24.4 Å². The van der Waals surface area contributed by atoms with Gasteiger partial charge in [-0.05, 0) is 6.92 Å². The summed E-state index contributed by atoms with van der Waals surface area (Å²) in [6, 6.07) is 1.77. The van der Waals surface area contributed by atoms with E-state index in [0.29, 0.717) is 19.0 Å². The molecule has 6 nitrogen and oxygen atoms in total. The van der Waals surface area contributed by atoms with Gasteiger partial charge in [-0.1, -0.05) is 0 Å². The zero-order chi connectivity index (χ0) is 11.2. The van der Waals surface area contributed by atoms with Crippen LogP contribution >= 0.6 is 0 Å². The molecule has 0 aliphatic carbocycles. The molecule has 2 heterocycles. The number of hydrogen-bond acceptors (Lipinski definition) is 5. The van der Waals surface area contributed by atoms with Gasteiger partial charge < -0.3 is 10.1 Å². The SMILES string of the molecule is CCOc1cc(NCc2cn[nH]c2)ncn1. The quantitative estimate of drug-likeness (QED) is 0.790. The lowest BCUT2D eigenvalue weighted by Crippen LogP contribution is -2.02. The van der Waals surface area contributed by atoms with Crippen LogP contribution in [0.3, 0.4) is 0 Å². The van der Waals surface area contributed by atoms with Gasteiger partial charge in [-0.15, -0.1) is 0 Å². The Labute approximate surface area is 93.1 Å². The van der Waals surface area contributed by atoms with E-state index in [1.807, 2.05) is 13.1 Å². The van der Waals surface area contributed by atoms with Crippen molar-refractivity contribution in [1.29, 1.82) is 0 Å². The maximum absolute atomic E-state index is 5.27. The van der Waals surface area contributed by atoms with Gasteiger partial charge in [0.25, 0.3) is 0 Å². The van der Waals surface area contributed by atoms with E-state index in [4.69, 9.17) is 4.74 Å². The van der Waals surface area contributed by atoms with Crippen LogP contribution < -0.4 is 10.1 Å². The predicted octanol–water partition coefficient (Wildman–Crippen LogP) is 1.21. The monoisotopic (exact) mass is 219 g/mol. The van der Waals surface area contributed by atoms with Gasteiger partial charge in [0.15, 0.2) is 0 Å². The van der Waals surface area contributed by atoms with Gasteiger partial charge in [-0.3, -0.25) is 5.10 Å². The van der Waals surface area contributed by atoms with E-state index in [0.717, 1.165) is 11.4 Å². The van der Waals surface area contributed by atoms with Gasteiger partial charge >= 0.3 is 0 Å². The molecule has 0 aliphatic rings. The third kappa shape index (κ3) is 2.69. The Balaban J connectivity index is 1.96. The number of aromatic nitrogens is 4. The van der Waals surface area contributed by atoms with Gasteiger partial charge in [-0.25, -0.2) is 9.97 Å². The first-order chi connectivity index (χ1) is 7.88. The molecule has 2 rings (SSSR count). The van der Waals surface area contributed by atoms with Crippen molar-refractivity contribution in [3.63, 3.8) is 0 Å². The second kappa shape index (κ2) is 5.11. The third-order valence-electron chi connectivity index (χ3n) is 1.96. The summed E-state index contributed by atoms with van der Waals surface area (Å²) in [6.45, 7) is 3.18. The molecule has 2 aromatic rings. The van der Waals surface area contributed by atoms with Crippen LogP contribution in [0.1, 0.15) is 12.5 Å². The molecular weight excluding hydrogens is 206 g/mol. The first kappa shape index (κ1) is 10.4. The van der Waals surface area contributed by atoms with Crippen molar-refractivity contribution in [2.75, 3.05) is 11.9 Å². The fraction of sp³-hybridized carbons (Fsp3) is 0.300. The average molecular weight is 219 g/mol. The number of anilines is 1. The summed E-state index contributed by atoms with van der Waals surface area (Å²) in [5.74, 6) is 1.31. The molecule has 84 valence electrons. The van der Waals surface area contributed by atoms with Gasteiger partial charge in [0.1, 0.15) is 12.1 Å². The Morgan fingerprint density at radius 1 is 1.44 bits per heavy atom. The topological polar surface area (TPSA) is 75.7 Å². The van der Waals surface area contributed by atoms with Crippen molar-refractivity contribution in [3.05, 3.63) is 30.4 Å². The zero-order valence-corrected chi connectivity index (χ0v) is 8.97.